The molecule has 2 aromatic rings. The topological polar surface area (TPSA) is 84.3 Å². The van der Waals surface area contributed by atoms with Gasteiger partial charge in [-0.05, 0) is 37.6 Å². The molecular weight excluding hydrogens is 301 g/mol. The fourth-order valence-corrected chi connectivity index (χ4v) is 1.98. The first-order valence-electron chi connectivity index (χ1n) is 6.95. The number of halogens is 1. The number of nitro groups is 1. The molecule has 0 unspecified atom stereocenters. The molecule has 2 N–H and O–H groups in total. The number of aryl methyl sites for hydroxylation is 1. The van der Waals surface area contributed by atoms with Crippen LogP contribution in [0.25, 0.3) is 0 Å². The van der Waals surface area contributed by atoms with Crippen LogP contribution in [0.15, 0.2) is 42.5 Å². The SMILES string of the molecule is Cc1ccc(N[C@@H](C)C(=O)Nc2ccccc2[N+](=O)[O-])cc1F. The normalized spacial score (nSPS) is 11.6. The predicted molar refractivity (Wildman–Crippen MR) is 85.9 cm³/mol. The number of para-hydroxylation sites is 2. The predicted octanol–water partition coefficient (Wildman–Crippen LogP) is 3.48. The number of carbonyl (C=O) groups excluding carboxylic acids is 1. The molecule has 0 radical (unpaired) electrons. The summed E-state index contributed by atoms with van der Waals surface area (Å²) >= 11 is 0. The average molecular weight is 317 g/mol. The zero-order valence-electron chi connectivity index (χ0n) is 12.7. The van der Waals surface area contributed by atoms with Gasteiger partial charge in [-0.3, -0.25) is 14.9 Å². The molecule has 0 saturated heterocycles. The summed E-state index contributed by atoms with van der Waals surface area (Å²) in [6.45, 7) is 3.23. The van der Waals surface area contributed by atoms with Gasteiger partial charge < -0.3 is 10.6 Å². The number of nitrogens with zero attached hydrogens (tertiary/aromatic N) is 1. The summed E-state index contributed by atoms with van der Waals surface area (Å²) in [5.74, 6) is -0.832. The number of nitrogens with one attached hydrogen (secondary N) is 2. The summed E-state index contributed by atoms with van der Waals surface area (Å²) < 4.78 is 13.5. The van der Waals surface area contributed by atoms with E-state index < -0.39 is 16.9 Å². The van der Waals surface area contributed by atoms with Crippen molar-refractivity contribution in [3.05, 3.63) is 64.0 Å². The maximum Gasteiger partial charge on any atom is 0.292 e. The van der Waals surface area contributed by atoms with Crippen LogP contribution in [0.3, 0.4) is 0 Å². The van der Waals surface area contributed by atoms with E-state index in [1.807, 2.05) is 0 Å². The van der Waals surface area contributed by atoms with E-state index in [1.54, 1.807) is 32.0 Å². The fraction of sp³-hybridized carbons (Fsp3) is 0.188. The van der Waals surface area contributed by atoms with Crippen LogP contribution in [0.5, 0.6) is 0 Å². The summed E-state index contributed by atoms with van der Waals surface area (Å²) in [6, 6.07) is 9.73. The second-order valence-corrected chi connectivity index (χ2v) is 5.09. The minimum atomic E-state index is -0.697. The van der Waals surface area contributed by atoms with Gasteiger partial charge in [0.2, 0.25) is 5.91 Å². The highest BCUT2D eigenvalue weighted by Gasteiger charge is 2.18. The Balaban J connectivity index is 2.08. The molecule has 0 fully saturated rings. The van der Waals surface area contributed by atoms with Crippen LogP contribution in [-0.4, -0.2) is 16.9 Å². The molecule has 2 aromatic carbocycles. The lowest BCUT2D eigenvalue weighted by molar-refractivity contribution is -0.383. The van der Waals surface area contributed by atoms with Gasteiger partial charge in [0.25, 0.3) is 5.69 Å². The van der Waals surface area contributed by atoms with Crippen molar-refractivity contribution < 1.29 is 14.1 Å². The number of rotatable bonds is 5. The van der Waals surface area contributed by atoms with Gasteiger partial charge in [-0.1, -0.05) is 18.2 Å². The molecule has 0 heterocycles. The van der Waals surface area contributed by atoms with Gasteiger partial charge in [-0.15, -0.1) is 0 Å². The Morgan fingerprint density at radius 2 is 1.96 bits per heavy atom. The first-order chi connectivity index (χ1) is 10.9. The monoisotopic (exact) mass is 317 g/mol. The van der Waals surface area contributed by atoms with Crippen molar-refractivity contribution in [3.8, 4) is 0 Å². The van der Waals surface area contributed by atoms with Gasteiger partial charge in [0.15, 0.2) is 0 Å². The smallest absolute Gasteiger partial charge is 0.292 e. The van der Waals surface area contributed by atoms with E-state index in [2.05, 4.69) is 10.6 Å². The van der Waals surface area contributed by atoms with E-state index in [-0.39, 0.29) is 17.2 Å². The Kier molecular flexibility index (Phi) is 4.90. The molecule has 0 aliphatic carbocycles. The van der Waals surface area contributed by atoms with Gasteiger partial charge in [0.05, 0.1) is 4.92 Å². The number of carbonyl (C=O) groups is 1. The molecular formula is C16H16FN3O3. The Bertz CT molecular complexity index is 749. The minimum absolute atomic E-state index is 0.117. The first kappa shape index (κ1) is 16.4. The fourth-order valence-electron chi connectivity index (χ4n) is 1.98. The number of nitro benzene ring substituents is 1. The number of anilines is 2. The van der Waals surface area contributed by atoms with Crippen LogP contribution in [0.4, 0.5) is 21.5 Å². The van der Waals surface area contributed by atoms with Crippen molar-refractivity contribution in [2.24, 2.45) is 0 Å². The lowest BCUT2D eigenvalue weighted by Gasteiger charge is -2.15. The van der Waals surface area contributed by atoms with Crippen molar-refractivity contribution in [2.75, 3.05) is 10.6 Å². The number of amides is 1. The third-order valence-corrected chi connectivity index (χ3v) is 3.31. The molecule has 1 atom stereocenters. The highest BCUT2D eigenvalue weighted by Crippen LogP contribution is 2.23. The van der Waals surface area contributed by atoms with Crippen LogP contribution in [-0.2, 0) is 4.79 Å². The van der Waals surface area contributed by atoms with Crippen LogP contribution >= 0.6 is 0 Å². The zero-order chi connectivity index (χ0) is 17.0. The standard InChI is InChI=1S/C16H16FN3O3/c1-10-7-8-12(9-13(10)17)18-11(2)16(21)19-14-5-3-4-6-15(14)20(22)23/h3-9,11,18H,1-2H3,(H,19,21)/t11-/m0/s1. The van der Waals surface area contributed by atoms with Crippen molar-refractivity contribution in [2.45, 2.75) is 19.9 Å². The van der Waals surface area contributed by atoms with Gasteiger partial charge >= 0.3 is 0 Å². The molecule has 1 amide bonds. The summed E-state index contributed by atoms with van der Waals surface area (Å²) in [6.07, 6.45) is 0. The molecule has 0 aliphatic rings. The third kappa shape index (κ3) is 4.03. The minimum Gasteiger partial charge on any atom is -0.374 e. The van der Waals surface area contributed by atoms with Crippen molar-refractivity contribution in [3.63, 3.8) is 0 Å². The number of hydrogen-bond acceptors (Lipinski definition) is 4. The second kappa shape index (κ2) is 6.87. The van der Waals surface area contributed by atoms with Gasteiger partial charge in [0.1, 0.15) is 17.5 Å². The maximum atomic E-state index is 13.5. The highest BCUT2D eigenvalue weighted by atomic mass is 19.1. The Labute approximate surface area is 132 Å². The molecule has 0 bridgehead atoms. The first-order valence-corrected chi connectivity index (χ1v) is 6.95. The molecule has 7 heteroatoms. The Morgan fingerprint density at radius 3 is 2.61 bits per heavy atom. The number of hydrogen-bond donors (Lipinski definition) is 2. The quantitative estimate of drug-likeness (QED) is 0.653. The van der Waals surface area contributed by atoms with E-state index >= 15 is 0 Å². The molecule has 120 valence electrons. The molecule has 0 spiro atoms. The number of benzene rings is 2. The second-order valence-electron chi connectivity index (χ2n) is 5.09. The molecule has 2 rings (SSSR count). The van der Waals surface area contributed by atoms with Crippen molar-refractivity contribution >= 4 is 23.0 Å². The largest absolute Gasteiger partial charge is 0.374 e. The maximum absolute atomic E-state index is 13.5. The van der Waals surface area contributed by atoms with E-state index in [0.717, 1.165) is 0 Å². The lowest BCUT2D eigenvalue weighted by atomic mass is 10.2. The molecule has 0 aliphatic heterocycles. The molecule has 6 nitrogen and oxygen atoms in total. The van der Waals surface area contributed by atoms with Crippen LogP contribution in [0.2, 0.25) is 0 Å². The van der Waals surface area contributed by atoms with Crippen LogP contribution < -0.4 is 10.6 Å². The summed E-state index contributed by atoms with van der Waals surface area (Å²) in [5.41, 5.74) is 0.895. The Hall–Kier alpha value is -2.96. The third-order valence-electron chi connectivity index (χ3n) is 3.31. The highest BCUT2D eigenvalue weighted by molar-refractivity contribution is 5.97. The van der Waals surface area contributed by atoms with Crippen LogP contribution in [0, 0.1) is 22.9 Å². The van der Waals surface area contributed by atoms with E-state index in [1.165, 1.54) is 24.3 Å². The van der Waals surface area contributed by atoms with Gasteiger partial charge in [0, 0.05) is 11.8 Å². The van der Waals surface area contributed by atoms with E-state index in [4.69, 9.17) is 0 Å². The van der Waals surface area contributed by atoms with Crippen LogP contribution in [0.1, 0.15) is 12.5 Å². The zero-order valence-corrected chi connectivity index (χ0v) is 12.7. The average Bonchev–Trinajstić information content (AvgIpc) is 2.51. The summed E-state index contributed by atoms with van der Waals surface area (Å²) in [7, 11) is 0. The van der Waals surface area contributed by atoms with Gasteiger partial charge in [-0.2, -0.15) is 0 Å². The molecule has 23 heavy (non-hydrogen) atoms. The lowest BCUT2D eigenvalue weighted by Crippen LogP contribution is -2.32. The van der Waals surface area contributed by atoms with Crippen molar-refractivity contribution in [1.82, 2.24) is 0 Å². The molecule has 0 aromatic heterocycles. The Morgan fingerprint density at radius 1 is 1.26 bits per heavy atom. The van der Waals surface area contributed by atoms with E-state index in [0.29, 0.717) is 11.3 Å². The van der Waals surface area contributed by atoms with Crippen molar-refractivity contribution in [1.29, 1.82) is 0 Å². The summed E-state index contributed by atoms with van der Waals surface area (Å²) in [4.78, 5) is 22.5. The van der Waals surface area contributed by atoms with E-state index in [9.17, 15) is 19.3 Å². The van der Waals surface area contributed by atoms with Gasteiger partial charge in [-0.25, -0.2) is 4.39 Å². The molecule has 0 saturated carbocycles. The summed E-state index contributed by atoms with van der Waals surface area (Å²) in [5, 5.41) is 16.3.